The highest BCUT2D eigenvalue weighted by Crippen LogP contribution is 2.33. The Balaban J connectivity index is 2.12. The minimum atomic E-state index is 0.941. The number of hydrogen-bond acceptors (Lipinski definition) is 2. The van der Waals surface area contributed by atoms with E-state index in [9.17, 15) is 0 Å². The first-order valence-electron chi connectivity index (χ1n) is 6.26. The number of allylic oxidation sites excluding steroid dienone is 6. The van der Waals surface area contributed by atoms with Gasteiger partial charge in [-0.15, -0.1) is 11.3 Å². The molecule has 0 saturated carbocycles. The molecule has 0 atom stereocenters. The van der Waals surface area contributed by atoms with Crippen molar-refractivity contribution in [3.05, 3.63) is 57.1 Å². The van der Waals surface area contributed by atoms with Crippen LogP contribution < -0.4 is 0 Å². The Morgan fingerprint density at radius 2 is 1.89 bits per heavy atom. The molecule has 1 aromatic heterocycles. The molecule has 1 aliphatic rings. The molecule has 96 valence electrons. The van der Waals surface area contributed by atoms with Gasteiger partial charge < -0.3 is 0 Å². The van der Waals surface area contributed by atoms with Crippen molar-refractivity contribution in [3.8, 4) is 0 Å². The van der Waals surface area contributed by atoms with E-state index in [2.05, 4.69) is 66.2 Å². The summed E-state index contributed by atoms with van der Waals surface area (Å²) in [6.45, 7) is 4.28. The fraction of sp³-hybridized carbons (Fsp3) is 0.188. The largest absolute Gasteiger partial charge is 0.236 e. The zero-order chi connectivity index (χ0) is 13.4. The highest BCUT2D eigenvalue weighted by Gasteiger charge is 2.11. The first-order chi connectivity index (χ1) is 9.15. The average Bonchev–Trinajstić information content (AvgIpc) is 2.74. The Bertz CT molecular complexity index is 696. The minimum absolute atomic E-state index is 0.941. The Morgan fingerprint density at radius 3 is 2.68 bits per heavy atom. The smallest absolute Gasteiger partial charge is 0.124 e. The van der Waals surface area contributed by atoms with E-state index in [-0.39, 0.29) is 0 Å². The van der Waals surface area contributed by atoms with Gasteiger partial charge in [-0.05, 0) is 37.5 Å². The second kappa shape index (κ2) is 5.06. The molecule has 2 aromatic rings. The second-order valence-electron chi connectivity index (χ2n) is 4.71. The van der Waals surface area contributed by atoms with Crippen LogP contribution in [0, 0.1) is 13.8 Å². The summed E-state index contributed by atoms with van der Waals surface area (Å²) in [6.07, 6.45) is 9.55. The van der Waals surface area contributed by atoms with Crippen molar-refractivity contribution in [2.24, 2.45) is 0 Å². The molecule has 0 fully saturated rings. The lowest BCUT2D eigenvalue weighted by molar-refractivity contribution is 1.36. The quantitative estimate of drug-likeness (QED) is 0.668. The number of aryl methyl sites for hydroxylation is 2. The number of aromatic nitrogens is 1. The van der Waals surface area contributed by atoms with E-state index >= 15 is 0 Å². The van der Waals surface area contributed by atoms with Crippen LogP contribution in [-0.4, -0.2) is 4.98 Å². The van der Waals surface area contributed by atoms with Gasteiger partial charge in [-0.3, -0.25) is 0 Å². The maximum Gasteiger partial charge on any atom is 0.124 e. The van der Waals surface area contributed by atoms with Gasteiger partial charge in [0.15, 0.2) is 0 Å². The molecule has 1 aliphatic carbocycles. The van der Waals surface area contributed by atoms with Crippen LogP contribution in [0.1, 0.15) is 22.6 Å². The number of nitrogens with zero attached hydrogens (tertiary/aromatic N) is 1. The molecule has 1 aromatic carbocycles. The summed E-state index contributed by atoms with van der Waals surface area (Å²) in [5.41, 5.74) is 4.92. The maximum absolute atomic E-state index is 4.82. The van der Waals surface area contributed by atoms with Crippen LogP contribution in [0.4, 0.5) is 0 Å². The van der Waals surface area contributed by atoms with Crippen LogP contribution in [0.25, 0.3) is 15.8 Å². The Labute approximate surface area is 125 Å². The first kappa shape index (κ1) is 12.8. The van der Waals surface area contributed by atoms with E-state index in [1.165, 1.54) is 21.4 Å². The predicted octanol–water partition coefficient (Wildman–Crippen LogP) is 5.54. The molecule has 1 heterocycles. The molecule has 0 aliphatic heterocycles. The topological polar surface area (TPSA) is 12.9 Å². The molecule has 0 radical (unpaired) electrons. The summed E-state index contributed by atoms with van der Waals surface area (Å²) >= 11 is 5.31. The molecule has 19 heavy (non-hydrogen) atoms. The fourth-order valence-electron chi connectivity index (χ4n) is 2.15. The summed E-state index contributed by atoms with van der Waals surface area (Å²) in [7, 11) is 0. The summed E-state index contributed by atoms with van der Waals surface area (Å²) in [6, 6.07) is 4.33. The molecular weight excluding hydrogens is 318 g/mol. The monoisotopic (exact) mass is 331 g/mol. The van der Waals surface area contributed by atoms with Gasteiger partial charge in [-0.2, -0.15) is 0 Å². The number of fused-ring (bicyclic) bond motifs is 1. The van der Waals surface area contributed by atoms with E-state index < -0.39 is 0 Å². The standard InChI is InChI=1S/C16H14BrNS/c1-10-6-7-11(2)15-14(10)18-16(19-15)12-4-3-5-13(17)9-8-12/h4-9H,3H2,1-2H3. The lowest BCUT2D eigenvalue weighted by Crippen LogP contribution is -1.81. The molecule has 0 unspecified atom stereocenters. The van der Waals surface area contributed by atoms with Gasteiger partial charge >= 0.3 is 0 Å². The second-order valence-corrected chi connectivity index (χ2v) is 6.63. The van der Waals surface area contributed by atoms with Crippen molar-refractivity contribution in [1.29, 1.82) is 0 Å². The number of halogens is 1. The maximum atomic E-state index is 4.82. The van der Waals surface area contributed by atoms with E-state index in [1.54, 1.807) is 11.3 Å². The minimum Gasteiger partial charge on any atom is -0.236 e. The van der Waals surface area contributed by atoms with Gasteiger partial charge in [0.25, 0.3) is 0 Å². The number of rotatable bonds is 1. The molecule has 0 saturated heterocycles. The van der Waals surface area contributed by atoms with E-state index in [4.69, 9.17) is 4.98 Å². The van der Waals surface area contributed by atoms with Crippen molar-refractivity contribution in [2.45, 2.75) is 20.3 Å². The molecular formula is C16H14BrNS. The Morgan fingerprint density at radius 1 is 1.11 bits per heavy atom. The van der Waals surface area contributed by atoms with E-state index in [0.29, 0.717) is 0 Å². The molecule has 1 nitrogen and oxygen atoms in total. The van der Waals surface area contributed by atoms with Gasteiger partial charge in [0.05, 0.1) is 10.2 Å². The van der Waals surface area contributed by atoms with Crippen molar-refractivity contribution >= 4 is 43.1 Å². The highest BCUT2D eigenvalue weighted by atomic mass is 79.9. The van der Waals surface area contributed by atoms with Gasteiger partial charge in [0, 0.05) is 10.1 Å². The third-order valence-electron chi connectivity index (χ3n) is 3.26. The fourth-order valence-corrected chi connectivity index (χ4v) is 3.60. The van der Waals surface area contributed by atoms with Gasteiger partial charge in [-0.25, -0.2) is 4.98 Å². The lowest BCUT2D eigenvalue weighted by Gasteiger charge is -1.96. The van der Waals surface area contributed by atoms with Crippen molar-refractivity contribution in [2.75, 3.05) is 0 Å². The number of hydrogen-bond donors (Lipinski definition) is 0. The van der Waals surface area contributed by atoms with Crippen LogP contribution >= 0.6 is 27.3 Å². The normalized spacial score (nSPS) is 15.3. The van der Waals surface area contributed by atoms with Gasteiger partial charge in [0.1, 0.15) is 5.01 Å². The van der Waals surface area contributed by atoms with Crippen molar-refractivity contribution in [1.82, 2.24) is 4.98 Å². The first-order valence-corrected chi connectivity index (χ1v) is 7.87. The van der Waals surface area contributed by atoms with Crippen LogP contribution in [-0.2, 0) is 0 Å². The lowest BCUT2D eigenvalue weighted by atomic mass is 10.1. The Kier molecular flexibility index (Phi) is 3.42. The van der Waals surface area contributed by atoms with Gasteiger partial charge in [0.2, 0.25) is 0 Å². The van der Waals surface area contributed by atoms with E-state index in [1.807, 2.05) is 0 Å². The highest BCUT2D eigenvalue weighted by molar-refractivity contribution is 9.11. The summed E-state index contributed by atoms with van der Waals surface area (Å²) in [5.74, 6) is 0. The van der Waals surface area contributed by atoms with Crippen LogP contribution in [0.2, 0.25) is 0 Å². The van der Waals surface area contributed by atoms with Crippen LogP contribution in [0.15, 0.2) is 40.9 Å². The molecule has 0 bridgehead atoms. The summed E-state index contributed by atoms with van der Waals surface area (Å²) in [5, 5.41) is 1.11. The zero-order valence-corrected chi connectivity index (χ0v) is 13.3. The van der Waals surface area contributed by atoms with E-state index in [0.717, 1.165) is 21.4 Å². The van der Waals surface area contributed by atoms with Crippen LogP contribution in [0.5, 0.6) is 0 Å². The van der Waals surface area contributed by atoms with Crippen molar-refractivity contribution in [3.63, 3.8) is 0 Å². The summed E-state index contributed by atoms with van der Waals surface area (Å²) in [4.78, 5) is 4.82. The predicted molar refractivity (Wildman–Crippen MR) is 87.8 cm³/mol. The average molecular weight is 332 g/mol. The number of benzene rings is 1. The third kappa shape index (κ3) is 2.45. The number of thiazole rings is 1. The summed E-state index contributed by atoms with van der Waals surface area (Å²) < 4.78 is 2.44. The molecule has 0 N–H and O–H groups in total. The Hall–Kier alpha value is -1.19. The third-order valence-corrected chi connectivity index (χ3v) is 5.09. The molecule has 3 heteroatoms. The van der Waals surface area contributed by atoms with Crippen LogP contribution in [0.3, 0.4) is 0 Å². The molecule has 3 rings (SSSR count). The molecule has 0 spiro atoms. The zero-order valence-electron chi connectivity index (χ0n) is 10.9. The molecule has 0 amide bonds. The van der Waals surface area contributed by atoms with Gasteiger partial charge in [-0.1, -0.05) is 46.3 Å². The van der Waals surface area contributed by atoms with Crippen molar-refractivity contribution < 1.29 is 0 Å². The SMILES string of the molecule is Cc1ccc(C)c2sc(C3=CCC=C(Br)C=C3)nc12.